The second-order valence-electron chi connectivity index (χ2n) is 6.13. The van der Waals surface area contributed by atoms with Gasteiger partial charge in [-0.1, -0.05) is 0 Å². The van der Waals surface area contributed by atoms with Crippen LogP contribution in [0.25, 0.3) is 10.9 Å². The number of aromatic nitrogens is 4. The monoisotopic (exact) mass is 382 g/mol. The maximum atomic E-state index is 14.0. The van der Waals surface area contributed by atoms with Gasteiger partial charge in [0.25, 0.3) is 5.56 Å². The number of nitriles is 1. The number of carbonyl (C=O) groups excluding carboxylic acids is 1. The van der Waals surface area contributed by atoms with Crippen molar-refractivity contribution in [2.75, 3.05) is 0 Å². The molecular weight excluding hydrogens is 367 g/mol. The lowest BCUT2D eigenvalue weighted by Crippen LogP contribution is -2.41. The molecular formula is C18H15FN6O3. The van der Waals surface area contributed by atoms with Gasteiger partial charge in [-0.2, -0.15) is 5.26 Å². The topological polar surface area (TPSA) is 134 Å². The van der Waals surface area contributed by atoms with Crippen LogP contribution < -0.4 is 16.6 Å². The maximum Gasteiger partial charge on any atom is 0.329 e. The number of pyridine rings is 2. The predicted octanol–water partition coefficient (Wildman–Crippen LogP) is 0.676. The van der Waals surface area contributed by atoms with Crippen LogP contribution in [0.2, 0.25) is 0 Å². The Kier molecular flexibility index (Phi) is 5.00. The Morgan fingerprint density at radius 2 is 2.18 bits per heavy atom. The molecule has 0 bridgehead atoms. The second kappa shape index (κ2) is 7.40. The van der Waals surface area contributed by atoms with E-state index >= 15 is 0 Å². The quantitative estimate of drug-likeness (QED) is 0.681. The number of hydrogen-bond donors (Lipinski definition) is 2. The number of carbonyl (C=O) groups is 1. The summed E-state index contributed by atoms with van der Waals surface area (Å²) in [5.41, 5.74) is -0.643. The van der Waals surface area contributed by atoms with Crippen molar-refractivity contribution >= 4 is 16.8 Å². The number of rotatable bonds is 4. The molecule has 0 radical (unpaired) electrons. The SMILES string of the molecule is Cc1nccc2[nH]c(=O)n(CC(=O)N[C@H](C)c3ncc(C#N)cc3F)c(=O)c12. The maximum absolute atomic E-state index is 14.0. The van der Waals surface area contributed by atoms with E-state index in [-0.39, 0.29) is 16.6 Å². The molecule has 2 N–H and O–H groups in total. The van der Waals surface area contributed by atoms with Crippen LogP contribution in [-0.2, 0) is 11.3 Å². The van der Waals surface area contributed by atoms with E-state index in [1.807, 2.05) is 0 Å². The van der Waals surface area contributed by atoms with Gasteiger partial charge in [-0.3, -0.25) is 24.1 Å². The summed E-state index contributed by atoms with van der Waals surface area (Å²) in [7, 11) is 0. The highest BCUT2D eigenvalue weighted by Gasteiger charge is 2.18. The van der Waals surface area contributed by atoms with Crippen LogP contribution in [0.4, 0.5) is 4.39 Å². The zero-order valence-corrected chi connectivity index (χ0v) is 15.0. The minimum atomic E-state index is -0.834. The molecule has 0 aliphatic rings. The molecule has 3 aromatic heterocycles. The van der Waals surface area contributed by atoms with Gasteiger partial charge in [0, 0.05) is 12.4 Å². The van der Waals surface area contributed by atoms with Crippen molar-refractivity contribution in [3.8, 4) is 6.07 Å². The van der Waals surface area contributed by atoms with Crippen molar-refractivity contribution in [1.29, 1.82) is 5.26 Å². The fraction of sp³-hybridized carbons (Fsp3) is 0.222. The molecule has 0 aliphatic carbocycles. The van der Waals surface area contributed by atoms with E-state index in [1.54, 1.807) is 13.0 Å². The third-order valence-electron chi connectivity index (χ3n) is 4.17. The smallest absolute Gasteiger partial charge is 0.329 e. The third-order valence-corrected chi connectivity index (χ3v) is 4.17. The molecule has 3 rings (SSSR count). The van der Waals surface area contributed by atoms with Crippen LogP contribution in [0.5, 0.6) is 0 Å². The minimum Gasteiger partial charge on any atom is -0.346 e. The number of nitrogens with zero attached hydrogens (tertiary/aromatic N) is 4. The van der Waals surface area contributed by atoms with Crippen molar-refractivity contribution in [3.63, 3.8) is 0 Å². The molecule has 9 nitrogen and oxygen atoms in total. The standard InChI is InChI=1S/C18H15FN6O3/c1-9-15-13(3-4-21-9)24-18(28)25(17(15)27)8-14(26)23-10(2)16-12(19)5-11(6-20)7-22-16/h3-5,7,10H,8H2,1-2H3,(H,23,26)(H,24,28)/t10-/m1/s1. The average Bonchev–Trinajstić information content (AvgIpc) is 2.64. The largest absolute Gasteiger partial charge is 0.346 e. The highest BCUT2D eigenvalue weighted by atomic mass is 19.1. The zero-order valence-electron chi connectivity index (χ0n) is 15.0. The Labute approximate surface area is 157 Å². The fourth-order valence-corrected chi connectivity index (χ4v) is 2.82. The molecule has 0 fully saturated rings. The first-order valence-corrected chi connectivity index (χ1v) is 8.25. The van der Waals surface area contributed by atoms with Gasteiger partial charge in [0.2, 0.25) is 5.91 Å². The average molecular weight is 382 g/mol. The van der Waals surface area contributed by atoms with E-state index in [1.165, 1.54) is 25.4 Å². The van der Waals surface area contributed by atoms with Crippen LogP contribution in [0.1, 0.15) is 29.9 Å². The summed E-state index contributed by atoms with van der Waals surface area (Å²) in [6.45, 7) is 2.56. The van der Waals surface area contributed by atoms with Crippen LogP contribution in [0.15, 0.2) is 34.1 Å². The molecule has 3 aromatic rings. The first-order chi connectivity index (χ1) is 13.3. The molecule has 1 amide bonds. The molecule has 142 valence electrons. The number of nitrogens with one attached hydrogen (secondary N) is 2. The zero-order chi connectivity index (χ0) is 20.4. The number of aromatic amines is 1. The van der Waals surface area contributed by atoms with Crippen LogP contribution in [0.3, 0.4) is 0 Å². The Morgan fingerprint density at radius 1 is 1.43 bits per heavy atom. The van der Waals surface area contributed by atoms with Crippen LogP contribution >= 0.6 is 0 Å². The molecule has 0 saturated heterocycles. The Bertz CT molecular complexity index is 1240. The van der Waals surface area contributed by atoms with Gasteiger partial charge in [0.15, 0.2) is 0 Å². The molecule has 0 spiro atoms. The van der Waals surface area contributed by atoms with Gasteiger partial charge in [-0.05, 0) is 26.0 Å². The summed E-state index contributed by atoms with van der Waals surface area (Å²) in [4.78, 5) is 47.5. The Hall–Kier alpha value is -3.87. The van der Waals surface area contributed by atoms with Crippen molar-refractivity contribution in [2.45, 2.75) is 26.4 Å². The summed E-state index contributed by atoms with van der Waals surface area (Å²) in [6.07, 6.45) is 2.65. The fourth-order valence-electron chi connectivity index (χ4n) is 2.82. The Morgan fingerprint density at radius 3 is 2.86 bits per heavy atom. The highest BCUT2D eigenvalue weighted by molar-refractivity contribution is 5.80. The Balaban J connectivity index is 1.86. The summed E-state index contributed by atoms with van der Waals surface area (Å²) in [5, 5.41) is 11.5. The predicted molar refractivity (Wildman–Crippen MR) is 96.8 cm³/mol. The first-order valence-electron chi connectivity index (χ1n) is 8.25. The molecule has 0 saturated carbocycles. The molecule has 1 atom stereocenters. The summed E-state index contributed by atoms with van der Waals surface area (Å²) >= 11 is 0. The minimum absolute atomic E-state index is 0.0537. The van der Waals surface area contributed by atoms with Crippen molar-refractivity contribution in [3.05, 3.63) is 68.1 Å². The molecule has 10 heteroatoms. The number of H-pyrrole nitrogens is 1. The lowest BCUT2D eigenvalue weighted by Gasteiger charge is -2.15. The lowest BCUT2D eigenvalue weighted by atomic mass is 10.1. The molecule has 3 heterocycles. The number of hydrogen-bond acceptors (Lipinski definition) is 6. The van der Waals surface area contributed by atoms with E-state index < -0.39 is 35.6 Å². The summed E-state index contributed by atoms with van der Waals surface area (Å²) in [6, 6.07) is 3.44. The molecule has 0 unspecified atom stereocenters. The van der Waals surface area contributed by atoms with Crippen molar-refractivity contribution in [2.24, 2.45) is 0 Å². The molecule has 0 aliphatic heterocycles. The van der Waals surface area contributed by atoms with Crippen molar-refractivity contribution < 1.29 is 9.18 Å². The van der Waals surface area contributed by atoms with E-state index in [0.717, 1.165) is 10.6 Å². The lowest BCUT2D eigenvalue weighted by molar-refractivity contribution is -0.122. The van der Waals surface area contributed by atoms with Crippen LogP contribution in [0, 0.1) is 24.1 Å². The van der Waals surface area contributed by atoms with Gasteiger partial charge in [0.1, 0.15) is 18.4 Å². The van der Waals surface area contributed by atoms with E-state index in [4.69, 9.17) is 5.26 Å². The van der Waals surface area contributed by atoms with Gasteiger partial charge in [-0.25, -0.2) is 9.18 Å². The van der Waals surface area contributed by atoms with Gasteiger partial charge < -0.3 is 10.3 Å². The van der Waals surface area contributed by atoms with E-state index in [2.05, 4.69) is 20.3 Å². The summed E-state index contributed by atoms with van der Waals surface area (Å²) < 4.78 is 14.8. The van der Waals surface area contributed by atoms with Gasteiger partial charge in [-0.15, -0.1) is 0 Å². The van der Waals surface area contributed by atoms with Gasteiger partial charge >= 0.3 is 5.69 Å². The van der Waals surface area contributed by atoms with Crippen molar-refractivity contribution in [1.82, 2.24) is 24.8 Å². The van der Waals surface area contributed by atoms with E-state index in [0.29, 0.717) is 11.2 Å². The summed E-state index contributed by atoms with van der Waals surface area (Å²) in [5.74, 6) is -1.42. The van der Waals surface area contributed by atoms with E-state index in [9.17, 15) is 18.8 Å². The normalized spacial score (nSPS) is 11.8. The van der Waals surface area contributed by atoms with Gasteiger partial charge in [0.05, 0.1) is 33.9 Å². The molecule has 28 heavy (non-hydrogen) atoms. The number of aryl methyl sites for hydroxylation is 1. The first kappa shape index (κ1) is 18.9. The van der Waals surface area contributed by atoms with Crippen LogP contribution in [-0.4, -0.2) is 25.4 Å². The number of amides is 1. The molecule has 0 aromatic carbocycles. The number of halogens is 1. The highest BCUT2D eigenvalue weighted by Crippen LogP contribution is 2.15. The third kappa shape index (κ3) is 3.50. The number of fused-ring (bicyclic) bond motifs is 1. The second-order valence-corrected chi connectivity index (χ2v) is 6.13.